The lowest BCUT2D eigenvalue weighted by atomic mass is 9.81. The molecule has 1 atom stereocenters. The van der Waals surface area contributed by atoms with E-state index in [9.17, 15) is 9.90 Å². The minimum absolute atomic E-state index is 0.0308. The molecule has 2 heteroatoms. The molecule has 2 aromatic rings. The van der Waals surface area contributed by atoms with Crippen LogP contribution in [0.25, 0.3) is 16.5 Å². The third-order valence-electron chi connectivity index (χ3n) is 6.89. The van der Waals surface area contributed by atoms with Crippen LogP contribution in [0.2, 0.25) is 0 Å². The van der Waals surface area contributed by atoms with Gasteiger partial charge in [-0.15, -0.1) is 0 Å². The van der Waals surface area contributed by atoms with Crippen LogP contribution >= 0.6 is 0 Å². The lowest BCUT2D eigenvalue weighted by Crippen LogP contribution is -2.16. The Hall–Kier alpha value is -2.09. The molecule has 168 valence electrons. The molecule has 2 nitrogen and oxygen atoms in total. The molecule has 1 aliphatic rings. The number of Topliss-reactive ketones (excluding diaryl/α,β-unsaturated/α-hetero) is 1. The molecule has 0 aromatic heterocycles. The molecule has 3 rings (SSSR count). The zero-order chi connectivity index (χ0) is 22.1. The second kappa shape index (κ2) is 12.1. The van der Waals surface area contributed by atoms with Gasteiger partial charge in [-0.05, 0) is 17.7 Å². The van der Waals surface area contributed by atoms with Gasteiger partial charge < -0.3 is 5.11 Å². The molecule has 0 heterocycles. The van der Waals surface area contributed by atoms with Gasteiger partial charge in [0, 0.05) is 22.1 Å². The van der Waals surface area contributed by atoms with Crippen LogP contribution in [0, 0.1) is 5.92 Å². The smallest absolute Gasteiger partial charge is 0.193 e. The van der Waals surface area contributed by atoms with Gasteiger partial charge in [0.1, 0.15) is 5.76 Å². The Morgan fingerprint density at radius 2 is 1.29 bits per heavy atom. The van der Waals surface area contributed by atoms with Crippen molar-refractivity contribution in [2.24, 2.45) is 5.92 Å². The van der Waals surface area contributed by atoms with E-state index in [4.69, 9.17) is 0 Å². The largest absolute Gasteiger partial charge is 0.507 e. The molecule has 0 saturated carbocycles. The van der Waals surface area contributed by atoms with Gasteiger partial charge in [0.15, 0.2) is 5.78 Å². The Bertz CT molecular complexity index is 887. The third-order valence-corrected chi connectivity index (χ3v) is 6.89. The highest BCUT2D eigenvalue weighted by atomic mass is 16.3. The first kappa shape index (κ1) is 23.6. The average Bonchev–Trinajstić information content (AvgIpc) is 2.79. The predicted octanol–water partition coefficient (Wildman–Crippen LogP) is 9.03. The van der Waals surface area contributed by atoms with Crippen molar-refractivity contribution in [3.8, 4) is 0 Å². The van der Waals surface area contributed by atoms with Crippen molar-refractivity contribution < 1.29 is 9.90 Å². The lowest BCUT2D eigenvalue weighted by molar-refractivity contribution is 0.102. The molecule has 1 unspecified atom stereocenters. The maximum atomic E-state index is 13.4. The molecular formula is C29H40O2. The molecule has 2 aromatic carbocycles. The molecule has 31 heavy (non-hydrogen) atoms. The number of carbonyl (C=O) groups excluding carboxylic acids is 1. The van der Waals surface area contributed by atoms with Gasteiger partial charge in [0.05, 0.1) is 0 Å². The summed E-state index contributed by atoms with van der Waals surface area (Å²) >= 11 is 0. The molecule has 0 fully saturated rings. The van der Waals surface area contributed by atoms with Crippen LogP contribution < -0.4 is 0 Å². The van der Waals surface area contributed by atoms with Gasteiger partial charge in [-0.3, -0.25) is 4.79 Å². The van der Waals surface area contributed by atoms with Crippen molar-refractivity contribution in [1.82, 2.24) is 0 Å². The van der Waals surface area contributed by atoms with Crippen LogP contribution in [0.1, 0.15) is 113 Å². The summed E-state index contributed by atoms with van der Waals surface area (Å²) in [5.41, 5.74) is 2.22. The monoisotopic (exact) mass is 420 g/mol. The molecule has 0 aliphatic heterocycles. The number of ketones is 1. The van der Waals surface area contributed by atoms with Crippen LogP contribution in [-0.4, -0.2) is 10.9 Å². The van der Waals surface area contributed by atoms with Crippen LogP contribution in [-0.2, 0) is 0 Å². The SMILES string of the molecule is CCCCCCCCC(CCCCCC)CC1=C(O)c2cccc3cccc(c23)C1=O. The highest BCUT2D eigenvalue weighted by Crippen LogP contribution is 2.38. The third kappa shape index (κ3) is 5.99. The zero-order valence-electron chi connectivity index (χ0n) is 19.6. The van der Waals surface area contributed by atoms with Crippen molar-refractivity contribution >= 4 is 22.3 Å². The standard InChI is InChI=1S/C29H40O2/c1-3-5-7-9-10-12-16-22(15-11-8-6-4-2)21-26-28(30)24-19-13-17-23-18-14-20-25(27(23)24)29(26)31/h13-14,17-20,22,30H,3-12,15-16,21H2,1-2H3. The Morgan fingerprint density at radius 1 is 0.742 bits per heavy atom. The van der Waals surface area contributed by atoms with Crippen LogP contribution in [0.5, 0.6) is 0 Å². The number of allylic oxidation sites excluding steroid dienone is 1. The van der Waals surface area contributed by atoms with Crippen LogP contribution in [0.4, 0.5) is 0 Å². The van der Waals surface area contributed by atoms with E-state index in [1.54, 1.807) is 0 Å². The van der Waals surface area contributed by atoms with Gasteiger partial charge in [-0.2, -0.15) is 0 Å². The molecule has 0 spiro atoms. The lowest BCUT2D eigenvalue weighted by Gasteiger charge is -2.23. The van der Waals surface area contributed by atoms with Gasteiger partial charge >= 0.3 is 0 Å². The second-order valence-corrected chi connectivity index (χ2v) is 9.34. The number of hydrogen-bond donors (Lipinski definition) is 1. The number of aliphatic hydroxyl groups is 1. The van der Waals surface area contributed by atoms with Crippen LogP contribution in [0.3, 0.4) is 0 Å². The average molecular weight is 421 g/mol. The first-order valence-electron chi connectivity index (χ1n) is 12.7. The van der Waals surface area contributed by atoms with E-state index in [0.29, 0.717) is 17.9 Å². The summed E-state index contributed by atoms with van der Waals surface area (Å²) in [4.78, 5) is 13.4. The van der Waals surface area contributed by atoms with Crippen molar-refractivity contribution in [1.29, 1.82) is 0 Å². The highest BCUT2D eigenvalue weighted by molar-refractivity contribution is 6.23. The van der Waals surface area contributed by atoms with E-state index in [2.05, 4.69) is 13.8 Å². The summed E-state index contributed by atoms with van der Waals surface area (Å²) in [7, 11) is 0. The highest BCUT2D eigenvalue weighted by Gasteiger charge is 2.29. The fourth-order valence-electron chi connectivity index (χ4n) is 5.06. The Balaban J connectivity index is 1.73. The molecular weight excluding hydrogens is 380 g/mol. The maximum absolute atomic E-state index is 13.4. The van der Waals surface area contributed by atoms with Crippen molar-refractivity contribution in [2.75, 3.05) is 0 Å². The number of rotatable bonds is 14. The minimum Gasteiger partial charge on any atom is -0.507 e. The molecule has 0 radical (unpaired) electrons. The van der Waals surface area contributed by atoms with Crippen molar-refractivity contribution in [3.63, 3.8) is 0 Å². The maximum Gasteiger partial charge on any atom is 0.193 e. The van der Waals surface area contributed by atoms with Crippen molar-refractivity contribution in [3.05, 3.63) is 53.1 Å². The van der Waals surface area contributed by atoms with Crippen LogP contribution in [0.15, 0.2) is 42.0 Å². The summed E-state index contributed by atoms with van der Waals surface area (Å²) in [5.74, 6) is 0.729. The molecule has 1 N–H and O–H groups in total. The van der Waals surface area contributed by atoms with Gasteiger partial charge in [0.25, 0.3) is 0 Å². The fraction of sp³-hybridized carbons (Fsp3) is 0.552. The Kier molecular flexibility index (Phi) is 9.18. The summed E-state index contributed by atoms with van der Waals surface area (Å²) in [6.45, 7) is 4.50. The van der Waals surface area contributed by atoms with E-state index in [1.807, 2.05) is 36.4 Å². The van der Waals surface area contributed by atoms with E-state index >= 15 is 0 Å². The normalized spacial score (nSPS) is 14.5. The molecule has 0 bridgehead atoms. The Labute approximate surface area is 188 Å². The van der Waals surface area contributed by atoms with E-state index < -0.39 is 0 Å². The number of benzene rings is 2. The van der Waals surface area contributed by atoms with Gasteiger partial charge in [-0.1, -0.05) is 127 Å². The van der Waals surface area contributed by atoms with Crippen molar-refractivity contribution in [2.45, 2.75) is 97.3 Å². The summed E-state index contributed by atoms with van der Waals surface area (Å²) < 4.78 is 0. The molecule has 0 saturated heterocycles. The topological polar surface area (TPSA) is 37.3 Å². The summed E-state index contributed by atoms with van der Waals surface area (Å²) in [5, 5.41) is 13.0. The minimum atomic E-state index is 0.0308. The predicted molar refractivity (Wildman–Crippen MR) is 133 cm³/mol. The summed E-state index contributed by atoms with van der Waals surface area (Å²) in [6, 6.07) is 11.8. The molecule has 0 amide bonds. The molecule has 1 aliphatic carbocycles. The quantitative estimate of drug-likeness (QED) is 0.309. The van der Waals surface area contributed by atoms with Gasteiger partial charge in [0.2, 0.25) is 0 Å². The first-order chi connectivity index (χ1) is 15.2. The van der Waals surface area contributed by atoms with E-state index in [0.717, 1.165) is 34.7 Å². The summed E-state index contributed by atoms with van der Waals surface area (Å²) in [6.07, 6.45) is 15.8. The first-order valence-corrected chi connectivity index (χ1v) is 12.7. The van der Waals surface area contributed by atoms with Gasteiger partial charge in [-0.25, -0.2) is 0 Å². The fourth-order valence-corrected chi connectivity index (χ4v) is 5.06. The number of carbonyl (C=O) groups is 1. The van der Waals surface area contributed by atoms with E-state index in [-0.39, 0.29) is 11.5 Å². The number of hydrogen-bond acceptors (Lipinski definition) is 2. The van der Waals surface area contributed by atoms with E-state index in [1.165, 1.54) is 64.2 Å². The Morgan fingerprint density at radius 3 is 1.94 bits per heavy atom. The number of aliphatic hydroxyl groups excluding tert-OH is 1. The second-order valence-electron chi connectivity index (χ2n) is 9.34. The zero-order valence-corrected chi connectivity index (χ0v) is 19.6. The number of unbranched alkanes of at least 4 members (excludes halogenated alkanes) is 8.